The summed E-state index contributed by atoms with van der Waals surface area (Å²) in [6.07, 6.45) is 0. The van der Waals surface area contributed by atoms with E-state index in [1.54, 1.807) is 25.3 Å². The molecule has 1 N–H and O–H groups in total. The van der Waals surface area contributed by atoms with E-state index in [4.69, 9.17) is 19.0 Å². The fourth-order valence-electron chi connectivity index (χ4n) is 2.26. The summed E-state index contributed by atoms with van der Waals surface area (Å²) in [7, 11) is 1.59. The quantitative estimate of drug-likeness (QED) is 0.725. The molecule has 0 fully saturated rings. The molecule has 0 spiro atoms. The van der Waals surface area contributed by atoms with Crippen LogP contribution in [0.15, 0.2) is 57.7 Å². The van der Waals surface area contributed by atoms with Gasteiger partial charge >= 0.3 is 11.6 Å². The van der Waals surface area contributed by atoms with E-state index in [-0.39, 0.29) is 5.58 Å². The van der Waals surface area contributed by atoms with Gasteiger partial charge in [-0.15, -0.1) is 0 Å². The van der Waals surface area contributed by atoms with Crippen molar-refractivity contribution in [2.75, 3.05) is 7.11 Å². The Hall–Kier alpha value is -3.28. The maximum absolute atomic E-state index is 11.6. The molecule has 2 aromatic carbocycles. The Morgan fingerprint density at radius 3 is 2.71 bits per heavy atom. The maximum Gasteiger partial charge on any atom is 0.351 e. The molecule has 3 aromatic rings. The van der Waals surface area contributed by atoms with E-state index in [2.05, 4.69) is 0 Å². The van der Waals surface area contributed by atoms with Crippen molar-refractivity contribution in [2.24, 2.45) is 0 Å². The van der Waals surface area contributed by atoms with Crippen LogP contribution in [0, 0.1) is 0 Å². The van der Waals surface area contributed by atoms with Gasteiger partial charge in [0.05, 0.1) is 7.11 Å². The molecule has 1 heterocycles. The second-order valence-electron chi connectivity index (χ2n) is 5.09. The highest BCUT2D eigenvalue weighted by atomic mass is 16.5. The minimum Gasteiger partial charge on any atom is -0.497 e. The number of ether oxygens (including phenoxy) is 2. The second kappa shape index (κ2) is 6.45. The Labute approximate surface area is 136 Å². The van der Waals surface area contributed by atoms with Gasteiger partial charge in [-0.05, 0) is 35.9 Å². The van der Waals surface area contributed by atoms with Gasteiger partial charge in [0.1, 0.15) is 29.3 Å². The van der Waals surface area contributed by atoms with Crippen LogP contribution in [0.2, 0.25) is 0 Å². The highest BCUT2D eigenvalue weighted by Crippen LogP contribution is 2.22. The van der Waals surface area contributed by atoms with Gasteiger partial charge in [0.25, 0.3) is 0 Å². The van der Waals surface area contributed by atoms with Crippen LogP contribution in [0.1, 0.15) is 15.9 Å². The molecule has 6 nitrogen and oxygen atoms in total. The van der Waals surface area contributed by atoms with Crippen LogP contribution >= 0.6 is 0 Å². The topological polar surface area (TPSA) is 86.0 Å². The normalized spacial score (nSPS) is 10.5. The molecule has 0 radical (unpaired) electrons. The lowest BCUT2D eigenvalue weighted by molar-refractivity contribution is 0.0692. The minimum atomic E-state index is -1.32. The minimum absolute atomic E-state index is 0.271. The largest absolute Gasteiger partial charge is 0.497 e. The molecule has 0 aliphatic carbocycles. The molecule has 0 atom stereocenters. The highest BCUT2D eigenvalue weighted by Gasteiger charge is 2.12. The number of hydrogen-bond acceptors (Lipinski definition) is 5. The molecule has 6 heteroatoms. The number of methoxy groups -OCH3 is 1. The van der Waals surface area contributed by atoms with Crippen LogP contribution in [0.4, 0.5) is 0 Å². The summed E-state index contributed by atoms with van der Waals surface area (Å²) in [5, 5.41) is 9.45. The van der Waals surface area contributed by atoms with Crippen LogP contribution in [0.25, 0.3) is 11.0 Å². The number of rotatable bonds is 5. The van der Waals surface area contributed by atoms with Gasteiger partial charge in [-0.25, -0.2) is 9.59 Å². The first-order chi connectivity index (χ1) is 11.6. The van der Waals surface area contributed by atoms with Crippen molar-refractivity contribution in [3.63, 3.8) is 0 Å². The first kappa shape index (κ1) is 15.6. The van der Waals surface area contributed by atoms with Crippen molar-refractivity contribution >= 4 is 16.9 Å². The molecule has 1 aromatic heterocycles. The lowest BCUT2D eigenvalue weighted by atomic mass is 10.2. The fourth-order valence-corrected chi connectivity index (χ4v) is 2.26. The third-order valence-electron chi connectivity index (χ3n) is 3.48. The number of carbonyl (C=O) groups is 1. The van der Waals surface area contributed by atoms with E-state index >= 15 is 0 Å². The third kappa shape index (κ3) is 3.22. The Morgan fingerprint density at radius 2 is 1.96 bits per heavy atom. The smallest absolute Gasteiger partial charge is 0.351 e. The summed E-state index contributed by atoms with van der Waals surface area (Å²) in [4.78, 5) is 22.6. The lowest BCUT2D eigenvalue weighted by Gasteiger charge is -2.08. The molecule has 24 heavy (non-hydrogen) atoms. The predicted octanol–water partition coefficient (Wildman–Crippen LogP) is 3.08. The molecule has 0 aliphatic heterocycles. The first-order valence-corrected chi connectivity index (χ1v) is 7.14. The molecule has 3 rings (SSSR count). The summed E-state index contributed by atoms with van der Waals surface area (Å²) in [5.41, 5.74) is -0.0854. The van der Waals surface area contributed by atoms with Crippen molar-refractivity contribution in [1.29, 1.82) is 0 Å². The zero-order chi connectivity index (χ0) is 17.1. The Balaban J connectivity index is 1.84. The van der Waals surface area contributed by atoms with E-state index in [9.17, 15) is 9.59 Å². The van der Waals surface area contributed by atoms with E-state index in [0.717, 1.165) is 11.3 Å². The molecule has 0 saturated carbocycles. The summed E-state index contributed by atoms with van der Waals surface area (Å²) in [5.74, 6) is -0.0673. The molecule has 0 aliphatic rings. The average molecular weight is 326 g/mol. The van der Waals surface area contributed by atoms with E-state index in [0.29, 0.717) is 17.7 Å². The number of aromatic carboxylic acids is 1. The molecule has 0 unspecified atom stereocenters. The number of fused-ring (bicyclic) bond motifs is 1. The predicted molar refractivity (Wildman–Crippen MR) is 86.8 cm³/mol. The van der Waals surface area contributed by atoms with E-state index in [1.807, 2.05) is 24.3 Å². The molecule has 0 bridgehead atoms. The summed E-state index contributed by atoms with van der Waals surface area (Å²) in [6, 6.07) is 13.7. The number of benzene rings is 2. The van der Waals surface area contributed by atoms with Gasteiger partial charge < -0.3 is 19.0 Å². The molecule has 0 amide bonds. The number of hydrogen-bond donors (Lipinski definition) is 1. The Bertz CT molecular complexity index is 957. The second-order valence-corrected chi connectivity index (χ2v) is 5.09. The highest BCUT2D eigenvalue weighted by molar-refractivity contribution is 5.91. The van der Waals surface area contributed by atoms with Gasteiger partial charge in [0.15, 0.2) is 0 Å². The molecule has 0 saturated heterocycles. The number of carboxylic acid groups (broad SMARTS) is 1. The molecule has 122 valence electrons. The number of carboxylic acids is 1. The monoisotopic (exact) mass is 326 g/mol. The zero-order valence-corrected chi connectivity index (χ0v) is 12.8. The van der Waals surface area contributed by atoms with Crippen molar-refractivity contribution in [3.8, 4) is 11.5 Å². The van der Waals surface area contributed by atoms with Crippen molar-refractivity contribution in [3.05, 3.63) is 70.1 Å². The van der Waals surface area contributed by atoms with Gasteiger partial charge in [-0.3, -0.25) is 0 Å². The maximum atomic E-state index is 11.6. The SMILES string of the molecule is COc1cccc(COc2ccc3cc(C(=O)O)c(=O)oc3c2)c1. The van der Waals surface area contributed by atoms with Crippen molar-refractivity contribution in [1.82, 2.24) is 0 Å². The average Bonchev–Trinajstić information content (AvgIpc) is 2.59. The summed E-state index contributed by atoms with van der Waals surface area (Å²) < 4.78 is 15.9. The lowest BCUT2D eigenvalue weighted by Crippen LogP contribution is -2.12. The molecular weight excluding hydrogens is 312 g/mol. The van der Waals surface area contributed by atoms with Gasteiger partial charge in [-0.2, -0.15) is 0 Å². The third-order valence-corrected chi connectivity index (χ3v) is 3.48. The first-order valence-electron chi connectivity index (χ1n) is 7.14. The van der Waals surface area contributed by atoms with Gasteiger partial charge in [-0.1, -0.05) is 12.1 Å². The van der Waals surface area contributed by atoms with Crippen molar-refractivity contribution < 1.29 is 23.8 Å². The fraction of sp³-hybridized carbons (Fsp3) is 0.111. The summed E-state index contributed by atoms with van der Waals surface area (Å²) >= 11 is 0. The van der Waals surface area contributed by atoms with Crippen LogP contribution in [-0.2, 0) is 6.61 Å². The van der Waals surface area contributed by atoms with Crippen molar-refractivity contribution in [2.45, 2.75) is 6.61 Å². The summed E-state index contributed by atoms with van der Waals surface area (Å²) in [6.45, 7) is 0.320. The van der Waals surface area contributed by atoms with E-state index < -0.39 is 17.2 Å². The van der Waals surface area contributed by atoms with E-state index in [1.165, 1.54) is 6.07 Å². The van der Waals surface area contributed by atoms with Gasteiger partial charge in [0, 0.05) is 11.5 Å². The standard InChI is InChI=1S/C18H14O6/c1-22-13-4-2-3-11(7-13)10-23-14-6-5-12-8-15(17(19)20)18(21)24-16(12)9-14/h2-9H,10H2,1H3,(H,19,20). The van der Waals surface area contributed by atoms with Crippen LogP contribution in [0.5, 0.6) is 11.5 Å². The Morgan fingerprint density at radius 1 is 1.12 bits per heavy atom. The van der Waals surface area contributed by atoms with Crippen LogP contribution < -0.4 is 15.1 Å². The van der Waals surface area contributed by atoms with Gasteiger partial charge in [0.2, 0.25) is 0 Å². The van der Waals surface area contributed by atoms with Crippen LogP contribution in [0.3, 0.4) is 0 Å². The zero-order valence-electron chi connectivity index (χ0n) is 12.8. The molecular formula is C18H14O6. The van der Waals surface area contributed by atoms with Crippen LogP contribution in [-0.4, -0.2) is 18.2 Å². The Kier molecular flexibility index (Phi) is 4.20.